The summed E-state index contributed by atoms with van der Waals surface area (Å²) in [6.07, 6.45) is 6.88. The molecular formula is C12H22ClNO2S. The summed E-state index contributed by atoms with van der Waals surface area (Å²) in [5.41, 5.74) is 0. The second kappa shape index (κ2) is 5.45. The van der Waals surface area contributed by atoms with Gasteiger partial charge in [0.05, 0.1) is 5.25 Å². The zero-order valence-electron chi connectivity index (χ0n) is 10.4. The van der Waals surface area contributed by atoms with Crippen molar-refractivity contribution in [2.75, 3.05) is 12.4 Å². The standard InChI is InChI=1S/C12H22ClNO2S/c1-10(9-13)17(15,16)14-8-4-6-11-5-2-3-7-12(11)14/h10-12H,2-9H2,1H3. The highest BCUT2D eigenvalue weighted by molar-refractivity contribution is 7.89. The maximum absolute atomic E-state index is 12.4. The summed E-state index contributed by atoms with van der Waals surface area (Å²) in [5.74, 6) is 0.783. The predicted octanol–water partition coefficient (Wildman–Crippen LogP) is 2.60. The summed E-state index contributed by atoms with van der Waals surface area (Å²) in [7, 11) is -3.18. The normalized spacial score (nSPS) is 33.1. The van der Waals surface area contributed by atoms with Crippen molar-refractivity contribution in [2.45, 2.75) is 56.7 Å². The quantitative estimate of drug-likeness (QED) is 0.745. The van der Waals surface area contributed by atoms with Crippen LogP contribution in [0, 0.1) is 5.92 Å². The fourth-order valence-corrected chi connectivity index (χ4v) is 5.34. The molecule has 5 heteroatoms. The number of hydrogen-bond acceptors (Lipinski definition) is 2. The van der Waals surface area contributed by atoms with Gasteiger partial charge in [-0.25, -0.2) is 8.42 Å². The molecule has 0 aromatic carbocycles. The Morgan fingerprint density at radius 2 is 1.88 bits per heavy atom. The minimum Gasteiger partial charge on any atom is -0.212 e. The average Bonchev–Trinajstić information content (AvgIpc) is 2.37. The van der Waals surface area contributed by atoms with Crippen LogP contribution in [0.25, 0.3) is 0 Å². The van der Waals surface area contributed by atoms with E-state index in [1.165, 1.54) is 25.7 Å². The molecule has 1 saturated heterocycles. The molecule has 2 rings (SSSR count). The van der Waals surface area contributed by atoms with Gasteiger partial charge in [-0.2, -0.15) is 4.31 Å². The Morgan fingerprint density at radius 1 is 1.24 bits per heavy atom. The predicted molar refractivity (Wildman–Crippen MR) is 70.8 cm³/mol. The number of fused-ring (bicyclic) bond motifs is 1. The molecule has 17 heavy (non-hydrogen) atoms. The first-order chi connectivity index (χ1) is 8.07. The van der Waals surface area contributed by atoms with E-state index in [0.717, 1.165) is 12.8 Å². The van der Waals surface area contributed by atoms with E-state index in [0.29, 0.717) is 12.5 Å². The highest BCUT2D eigenvalue weighted by atomic mass is 35.5. The summed E-state index contributed by atoms with van der Waals surface area (Å²) >= 11 is 5.73. The summed E-state index contributed by atoms with van der Waals surface area (Å²) < 4.78 is 26.6. The number of halogens is 1. The Bertz CT molecular complexity index is 356. The zero-order chi connectivity index (χ0) is 12.5. The number of rotatable bonds is 3. The first-order valence-corrected chi connectivity index (χ1v) is 8.67. The van der Waals surface area contributed by atoms with Gasteiger partial charge in [-0.1, -0.05) is 12.8 Å². The molecule has 100 valence electrons. The average molecular weight is 280 g/mol. The van der Waals surface area contributed by atoms with E-state index in [1.807, 2.05) is 0 Å². The first-order valence-electron chi connectivity index (χ1n) is 6.64. The van der Waals surface area contributed by atoms with Crippen LogP contribution in [0.15, 0.2) is 0 Å². The fourth-order valence-electron chi connectivity index (χ4n) is 3.21. The fraction of sp³-hybridized carbons (Fsp3) is 1.00. The molecule has 1 aliphatic heterocycles. The van der Waals surface area contributed by atoms with Gasteiger partial charge in [0.15, 0.2) is 0 Å². The van der Waals surface area contributed by atoms with Gasteiger partial charge in [0.25, 0.3) is 0 Å². The van der Waals surface area contributed by atoms with Crippen LogP contribution in [0.3, 0.4) is 0 Å². The summed E-state index contributed by atoms with van der Waals surface area (Å²) in [6, 6.07) is 0.258. The molecular weight excluding hydrogens is 258 g/mol. The third-order valence-corrected chi connectivity index (χ3v) is 7.18. The molecule has 0 bridgehead atoms. The van der Waals surface area contributed by atoms with E-state index in [4.69, 9.17) is 11.6 Å². The Balaban J connectivity index is 2.19. The van der Waals surface area contributed by atoms with Crippen LogP contribution >= 0.6 is 11.6 Å². The maximum atomic E-state index is 12.4. The van der Waals surface area contributed by atoms with Gasteiger partial charge in [0.2, 0.25) is 10.0 Å². The summed E-state index contributed by atoms with van der Waals surface area (Å²) in [5, 5.41) is -0.454. The molecule has 3 atom stereocenters. The minimum absolute atomic E-state index is 0.191. The van der Waals surface area contributed by atoms with Crippen LogP contribution in [0.1, 0.15) is 45.4 Å². The molecule has 0 aromatic rings. The van der Waals surface area contributed by atoms with Gasteiger partial charge in [0.1, 0.15) is 0 Å². The molecule has 0 radical (unpaired) electrons. The van der Waals surface area contributed by atoms with Crippen molar-refractivity contribution in [1.29, 1.82) is 0 Å². The Labute approximate surface area is 110 Å². The van der Waals surface area contributed by atoms with Gasteiger partial charge >= 0.3 is 0 Å². The number of alkyl halides is 1. The molecule has 1 aliphatic carbocycles. The molecule has 3 unspecified atom stereocenters. The summed E-state index contributed by atoms with van der Waals surface area (Å²) in [6.45, 7) is 2.42. The third kappa shape index (κ3) is 2.64. The van der Waals surface area contributed by atoms with E-state index in [2.05, 4.69) is 0 Å². The van der Waals surface area contributed by atoms with Crippen molar-refractivity contribution in [2.24, 2.45) is 5.92 Å². The van der Waals surface area contributed by atoms with E-state index in [9.17, 15) is 8.42 Å². The topological polar surface area (TPSA) is 37.4 Å². The van der Waals surface area contributed by atoms with Gasteiger partial charge in [-0.15, -0.1) is 11.6 Å². The minimum atomic E-state index is -3.18. The number of nitrogens with zero attached hydrogens (tertiary/aromatic N) is 1. The maximum Gasteiger partial charge on any atom is 0.218 e. The highest BCUT2D eigenvalue weighted by Crippen LogP contribution is 2.37. The lowest BCUT2D eigenvalue weighted by Gasteiger charge is -2.43. The number of piperidine rings is 1. The lowest BCUT2D eigenvalue weighted by atomic mass is 9.79. The van der Waals surface area contributed by atoms with Gasteiger partial charge in [-0.3, -0.25) is 0 Å². The van der Waals surface area contributed by atoms with E-state index in [-0.39, 0.29) is 11.9 Å². The number of sulfonamides is 1. The van der Waals surface area contributed by atoms with Crippen LogP contribution in [0.2, 0.25) is 0 Å². The van der Waals surface area contributed by atoms with Crippen LogP contribution < -0.4 is 0 Å². The lowest BCUT2D eigenvalue weighted by Crippen LogP contribution is -2.52. The molecule has 3 nitrogen and oxygen atoms in total. The van der Waals surface area contributed by atoms with Crippen LogP contribution in [0.5, 0.6) is 0 Å². The molecule has 2 fully saturated rings. The molecule has 2 aliphatic rings. The van der Waals surface area contributed by atoms with Gasteiger partial charge in [0, 0.05) is 18.5 Å². The largest absolute Gasteiger partial charge is 0.218 e. The second-order valence-corrected chi connectivity index (χ2v) is 7.99. The van der Waals surface area contributed by atoms with Crippen molar-refractivity contribution in [1.82, 2.24) is 4.31 Å². The van der Waals surface area contributed by atoms with Crippen molar-refractivity contribution in [3.05, 3.63) is 0 Å². The van der Waals surface area contributed by atoms with Crippen LogP contribution in [0.4, 0.5) is 0 Å². The molecule has 1 heterocycles. The smallest absolute Gasteiger partial charge is 0.212 e. The van der Waals surface area contributed by atoms with Gasteiger partial charge in [-0.05, 0) is 38.5 Å². The lowest BCUT2D eigenvalue weighted by molar-refractivity contribution is 0.128. The van der Waals surface area contributed by atoms with Crippen LogP contribution in [-0.2, 0) is 10.0 Å². The molecule has 0 N–H and O–H groups in total. The number of hydrogen-bond donors (Lipinski definition) is 0. The molecule has 1 saturated carbocycles. The molecule has 0 spiro atoms. The Hall–Kier alpha value is 0.200. The summed E-state index contributed by atoms with van der Waals surface area (Å²) in [4.78, 5) is 0. The SMILES string of the molecule is CC(CCl)S(=O)(=O)N1CCCC2CCCCC21. The molecule has 0 aromatic heterocycles. The van der Waals surface area contributed by atoms with E-state index in [1.54, 1.807) is 11.2 Å². The molecule has 0 amide bonds. The van der Waals surface area contributed by atoms with Crippen molar-refractivity contribution in [3.8, 4) is 0 Å². The first kappa shape index (κ1) is 13.6. The van der Waals surface area contributed by atoms with Crippen molar-refractivity contribution in [3.63, 3.8) is 0 Å². The van der Waals surface area contributed by atoms with Crippen LogP contribution in [-0.4, -0.2) is 36.4 Å². The van der Waals surface area contributed by atoms with Gasteiger partial charge < -0.3 is 0 Å². The van der Waals surface area contributed by atoms with Crippen molar-refractivity contribution < 1.29 is 8.42 Å². The zero-order valence-corrected chi connectivity index (χ0v) is 12.0. The Kier molecular flexibility index (Phi) is 4.37. The van der Waals surface area contributed by atoms with Crippen molar-refractivity contribution >= 4 is 21.6 Å². The van der Waals surface area contributed by atoms with E-state index < -0.39 is 15.3 Å². The third-order valence-electron chi connectivity index (χ3n) is 4.24. The highest BCUT2D eigenvalue weighted by Gasteiger charge is 2.40. The van der Waals surface area contributed by atoms with E-state index >= 15 is 0 Å². The second-order valence-electron chi connectivity index (χ2n) is 5.37. The Morgan fingerprint density at radius 3 is 2.59 bits per heavy atom. The monoisotopic (exact) mass is 279 g/mol.